The molecule has 2 rings (SSSR count). The van der Waals surface area contributed by atoms with Gasteiger partial charge in [-0.15, -0.1) is 0 Å². The first-order chi connectivity index (χ1) is 14.2. The Balaban J connectivity index is 1.79. The summed E-state index contributed by atoms with van der Waals surface area (Å²) >= 11 is 0. The second kappa shape index (κ2) is 11.0. The van der Waals surface area contributed by atoms with Crippen molar-refractivity contribution in [3.05, 3.63) is 29.8 Å². The molecule has 1 heterocycles. The van der Waals surface area contributed by atoms with Crippen LogP contribution < -0.4 is 10.6 Å². The SMILES string of the molecule is CCN(CC)S(=O)(=O)c1ccc(CNC(=O)NCCS(=O)(=O)N2CCOCC2)cc1. The maximum Gasteiger partial charge on any atom is 0.315 e. The first kappa shape index (κ1) is 24.5. The van der Waals surface area contributed by atoms with Crippen molar-refractivity contribution >= 4 is 26.1 Å². The van der Waals surface area contributed by atoms with Crippen molar-refractivity contribution in [2.24, 2.45) is 0 Å². The fourth-order valence-corrected chi connectivity index (χ4v) is 5.77. The summed E-state index contributed by atoms with van der Waals surface area (Å²) in [5.74, 6) is -0.182. The Morgan fingerprint density at radius 3 is 2.20 bits per heavy atom. The molecule has 30 heavy (non-hydrogen) atoms. The number of amides is 2. The molecule has 2 amide bonds. The molecule has 1 aliphatic heterocycles. The van der Waals surface area contributed by atoms with E-state index < -0.39 is 26.1 Å². The lowest BCUT2D eigenvalue weighted by atomic mass is 10.2. The van der Waals surface area contributed by atoms with Gasteiger partial charge in [-0.3, -0.25) is 0 Å². The summed E-state index contributed by atoms with van der Waals surface area (Å²) in [4.78, 5) is 12.1. The molecule has 0 unspecified atom stereocenters. The molecule has 12 heteroatoms. The lowest BCUT2D eigenvalue weighted by molar-refractivity contribution is 0.0730. The molecule has 0 spiro atoms. The van der Waals surface area contributed by atoms with Gasteiger partial charge in [0.1, 0.15) is 0 Å². The van der Waals surface area contributed by atoms with Crippen LogP contribution in [0.15, 0.2) is 29.2 Å². The summed E-state index contributed by atoms with van der Waals surface area (Å²) in [6.07, 6.45) is 0. The summed E-state index contributed by atoms with van der Waals surface area (Å²) in [6.45, 7) is 5.94. The van der Waals surface area contributed by atoms with Gasteiger partial charge in [0.05, 0.1) is 23.9 Å². The first-order valence-electron chi connectivity index (χ1n) is 9.87. The number of ether oxygens (including phenoxy) is 1. The first-order valence-corrected chi connectivity index (χ1v) is 12.9. The smallest absolute Gasteiger partial charge is 0.315 e. The Morgan fingerprint density at radius 2 is 1.63 bits per heavy atom. The zero-order valence-corrected chi connectivity index (χ0v) is 19.0. The third-order valence-corrected chi connectivity index (χ3v) is 8.66. The Bertz CT molecular complexity index is 893. The van der Waals surface area contributed by atoms with Crippen molar-refractivity contribution in [3.8, 4) is 0 Å². The Labute approximate surface area is 178 Å². The van der Waals surface area contributed by atoms with Crippen LogP contribution >= 0.6 is 0 Å². The molecule has 0 atom stereocenters. The van der Waals surface area contributed by atoms with E-state index in [-0.39, 0.29) is 23.7 Å². The van der Waals surface area contributed by atoms with E-state index in [0.717, 1.165) is 5.56 Å². The van der Waals surface area contributed by atoms with Gasteiger partial charge in [0, 0.05) is 39.3 Å². The topological polar surface area (TPSA) is 125 Å². The Kier molecular flexibility index (Phi) is 9.04. The lowest BCUT2D eigenvalue weighted by Crippen LogP contribution is -2.44. The molecule has 0 aromatic heterocycles. The van der Waals surface area contributed by atoms with E-state index >= 15 is 0 Å². The lowest BCUT2D eigenvalue weighted by Gasteiger charge is -2.26. The van der Waals surface area contributed by atoms with Crippen LogP contribution in [0.3, 0.4) is 0 Å². The minimum Gasteiger partial charge on any atom is -0.379 e. The fraction of sp³-hybridized carbons (Fsp3) is 0.611. The van der Waals surface area contributed by atoms with Crippen LogP contribution in [0, 0.1) is 0 Å². The average molecular weight is 463 g/mol. The van der Waals surface area contributed by atoms with E-state index in [4.69, 9.17) is 4.74 Å². The zero-order chi connectivity index (χ0) is 22.2. The predicted molar refractivity (Wildman–Crippen MR) is 113 cm³/mol. The van der Waals surface area contributed by atoms with Crippen LogP contribution in [0.2, 0.25) is 0 Å². The number of nitrogens with zero attached hydrogens (tertiary/aromatic N) is 2. The monoisotopic (exact) mass is 462 g/mol. The number of morpholine rings is 1. The summed E-state index contributed by atoms with van der Waals surface area (Å²) in [7, 11) is -6.95. The van der Waals surface area contributed by atoms with E-state index in [9.17, 15) is 21.6 Å². The van der Waals surface area contributed by atoms with E-state index in [1.807, 2.05) is 0 Å². The van der Waals surface area contributed by atoms with E-state index in [2.05, 4.69) is 10.6 Å². The minimum absolute atomic E-state index is 0.00737. The minimum atomic E-state index is -3.52. The van der Waals surface area contributed by atoms with Gasteiger partial charge in [0.15, 0.2) is 0 Å². The number of hydrogen-bond donors (Lipinski definition) is 2. The van der Waals surface area contributed by atoms with Gasteiger partial charge in [-0.2, -0.15) is 8.61 Å². The van der Waals surface area contributed by atoms with Gasteiger partial charge in [0.25, 0.3) is 0 Å². The third-order valence-electron chi connectivity index (χ3n) is 4.73. The van der Waals surface area contributed by atoms with Crippen molar-refractivity contribution in [3.63, 3.8) is 0 Å². The maximum absolute atomic E-state index is 12.5. The summed E-state index contributed by atoms with van der Waals surface area (Å²) in [5.41, 5.74) is 0.726. The highest BCUT2D eigenvalue weighted by atomic mass is 32.2. The van der Waals surface area contributed by atoms with Gasteiger partial charge in [-0.25, -0.2) is 21.6 Å². The van der Waals surface area contributed by atoms with Crippen molar-refractivity contribution in [1.29, 1.82) is 0 Å². The van der Waals surface area contributed by atoms with Crippen LogP contribution in [0.4, 0.5) is 4.79 Å². The second-order valence-corrected chi connectivity index (χ2v) is 10.7. The fourth-order valence-electron chi connectivity index (χ4n) is 2.98. The van der Waals surface area contributed by atoms with Crippen molar-refractivity contribution in [1.82, 2.24) is 19.2 Å². The Hall–Kier alpha value is -1.73. The number of benzene rings is 1. The van der Waals surface area contributed by atoms with Crippen LogP contribution in [-0.4, -0.2) is 83.2 Å². The van der Waals surface area contributed by atoms with Gasteiger partial charge >= 0.3 is 6.03 Å². The number of carbonyl (C=O) groups excluding carboxylic acids is 1. The van der Waals surface area contributed by atoms with Crippen molar-refractivity contribution in [2.75, 3.05) is 51.7 Å². The second-order valence-electron chi connectivity index (χ2n) is 6.67. The molecule has 0 radical (unpaired) electrons. The molecule has 1 aliphatic rings. The molecule has 1 aromatic carbocycles. The average Bonchev–Trinajstić information content (AvgIpc) is 2.74. The highest BCUT2D eigenvalue weighted by Crippen LogP contribution is 2.16. The standard InChI is InChI=1S/C18H30N4O6S2/c1-3-21(4-2)30(26,27)17-7-5-16(6-8-17)15-20-18(23)19-9-14-29(24,25)22-10-12-28-13-11-22/h5-8H,3-4,9-15H2,1-2H3,(H2,19,20,23). The van der Waals surface area contributed by atoms with E-state index in [1.165, 1.54) is 20.7 Å². The molecule has 0 saturated carbocycles. The largest absolute Gasteiger partial charge is 0.379 e. The summed E-state index contributed by atoms with van der Waals surface area (Å²) in [6, 6.07) is 5.81. The molecular formula is C18H30N4O6S2. The van der Waals surface area contributed by atoms with Crippen LogP contribution in [-0.2, 0) is 31.3 Å². The number of nitrogens with one attached hydrogen (secondary N) is 2. The molecule has 1 fully saturated rings. The molecular weight excluding hydrogens is 432 g/mol. The predicted octanol–water partition coefficient (Wildman–Crippen LogP) is 0.178. The number of hydrogen-bond acceptors (Lipinski definition) is 6. The van der Waals surface area contributed by atoms with Gasteiger partial charge in [-0.1, -0.05) is 26.0 Å². The normalized spacial score (nSPS) is 15.8. The highest BCUT2D eigenvalue weighted by Gasteiger charge is 2.24. The van der Waals surface area contributed by atoms with Gasteiger partial charge in [0.2, 0.25) is 20.0 Å². The number of carbonyl (C=O) groups is 1. The van der Waals surface area contributed by atoms with E-state index in [1.54, 1.807) is 26.0 Å². The molecule has 0 bridgehead atoms. The molecule has 0 aliphatic carbocycles. The highest BCUT2D eigenvalue weighted by molar-refractivity contribution is 7.89. The van der Waals surface area contributed by atoms with Crippen molar-refractivity contribution in [2.45, 2.75) is 25.3 Å². The third kappa shape index (κ3) is 6.64. The van der Waals surface area contributed by atoms with Crippen LogP contribution in [0.5, 0.6) is 0 Å². The molecule has 10 nitrogen and oxygen atoms in total. The van der Waals surface area contributed by atoms with Gasteiger partial charge < -0.3 is 15.4 Å². The number of sulfonamides is 2. The quantitative estimate of drug-likeness (QED) is 0.511. The van der Waals surface area contributed by atoms with Crippen LogP contribution in [0.1, 0.15) is 19.4 Å². The van der Waals surface area contributed by atoms with E-state index in [0.29, 0.717) is 39.4 Å². The molecule has 2 N–H and O–H groups in total. The molecule has 1 aromatic rings. The van der Waals surface area contributed by atoms with Crippen LogP contribution in [0.25, 0.3) is 0 Å². The van der Waals surface area contributed by atoms with Crippen molar-refractivity contribution < 1.29 is 26.4 Å². The number of urea groups is 1. The number of rotatable bonds is 10. The summed E-state index contributed by atoms with van der Waals surface area (Å²) in [5, 5.41) is 5.15. The van der Waals surface area contributed by atoms with Gasteiger partial charge in [-0.05, 0) is 17.7 Å². The zero-order valence-electron chi connectivity index (χ0n) is 17.3. The maximum atomic E-state index is 12.5. The summed E-state index contributed by atoms with van der Waals surface area (Å²) < 4.78 is 57.2. The molecule has 1 saturated heterocycles. The Morgan fingerprint density at radius 1 is 1.03 bits per heavy atom. The molecule has 170 valence electrons.